The topological polar surface area (TPSA) is 128 Å². The third-order valence-electron chi connectivity index (χ3n) is 0.802. The summed E-state index contributed by atoms with van der Waals surface area (Å²) in [6, 6.07) is -0.833. The molecule has 0 aliphatic carbocycles. The minimum Gasteiger partial charge on any atom is -0.512 e. The Bertz CT molecular complexity index is 162. The standard InChI is InChI=1S/C5H10O4.CH4N2O/c1-8-5(9-2)4(7)3-6;2-1(3)4/h3,5-7H,1-2H3;(H4,2,3,4). The molecule has 0 saturated carbocycles. The second-order valence-corrected chi connectivity index (χ2v) is 1.76. The highest BCUT2D eigenvalue weighted by molar-refractivity contribution is 5.69. The third-order valence-corrected chi connectivity index (χ3v) is 0.802. The molecule has 0 aliphatic heterocycles. The van der Waals surface area contributed by atoms with E-state index in [1.807, 2.05) is 0 Å². The van der Waals surface area contributed by atoms with Crippen LogP contribution in [-0.4, -0.2) is 36.8 Å². The van der Waals surface area contributed by atoms with E-state index >= 15 is 0 Å². The quantitative estimate of drug-likeness (QED) is 0.358. The number of amides is 2. The summed E-state index contributed by atoms with van der Waals surface area (Å²) >= 11 is 0. The van der Waals surface area contributed by atoms with Crippen molar-refractivity contribution in [2.75, 3.05) is 14.2 Å². The summed E-state index contributed by atoms with van der Waals surface area (Å²) in [5, 5.41) is 16.9. The van der Waals surface area contributed by atoms with Gasteiger partial charge in [0.1, 0.15) is 6.26 Å². The van der Waals surface area contributed by atoms with Gasteiger partial charge < -0.3 is 31.2 Å². The molecule has 7 nitrogen and oxygen atoms in total. The molecule has 6 N–H and O–H groups in total. The molecule has 0 fully saturated rings. The summed E-state index contributed by atoms with van der Waals surface area (Å²) in [5.74, 6) is -0.347. The van der Waals surface area contributed by atoms with E-state index in [0.29, 0.717) is 6.26 Å². The number of carbonyl (C=O) groups is 1. The van der Waals surface area contributed by atoms with Crippen LogP contribution in [0, 0.1) is 0 Å². The number of methoxy groups -OCH3 is 2. The molecule has 0 saturated heterocycles. The predicted octanol–water partition coefficient (Wildman–Crippen LogP) is -0.413. The average Bonchev–Trinajstić information content (AvgIpc) is 2.05. The number of hydrogen-bond donors (Lipinski definition) is 4. The van der Waals surface area contributed by atoms with Crippen LogP contribution >= 0.6 is 0 Å². The van der Waals surface area contributed by atoms with E-state index < -0.39 is 12.3 Å². The third kappa shape index (κ3) is 10.5. The summed E-state index contributed by atoms with van der Waals surface area (Å²) < 4.78 is 9.10. The van der Waals surface area contributed by atoms with Crippen LogP contribution in [0.25, 0.3) is 0 Å². The van der Waals surface area contributed by atoms with Crippen molar-refractivity contribution in [3.8, 4) is 0 Å². The number of primary amides is 2. The summed E-state index contributed by atoms with van der Waals surface area (Å²) in [6.45, 7) is 0. The first-order valence-electron chi connectivity index (χ1n) is 3.13. The van der Waals surface area contributed by atoms with Crippen LogP contribution in [0.1, 0.15) is 0 Å². The van der Waals surface area contributed by atoms with Crippen molar-refractivity contribution in [3.05, 3.63) is 12.0 Å². The number of carbonyl (C=O) groups excluding carboxylic acids is 1. The average molecular weight is 194 g/mol. The van der Waals surface area contributed by atoms with Crippen LogP contribution in [0.15, 0.2) is 12.0 Å². The fourth-order valence-corrected chi connectivity index (χ4v) is 0.399. The smallest absolute Gasteiger partial charge is 0.309 e. The molecule has 0 heterocycles. The zero-order valence-electron chi connectivity index (χ0n) is 7.43. The molecule has 0 aromatic rings. The zero-order chi connectivity index (χ0) is 10.9. The van der Waals surface area contributed by atoms with Gasteiger partial charge in [-0.1, -0.05) is 0 Å². The Morgan fingerprint density at radius 3 is 1.77 bits per heavy atom. The summed E-state index contributed by atoms with van der Waals surface area (Å²) in [5.41, 5.74) is 8.50. The summed E-state index contributed by atoms with van der Waals surface area (Å²) in [7, 11) is 2.71. The maximum atomic E-state index is 9.00. The molecule has 0 unspecified atom stereocenters. The van der Waals surface area contributed by atoms with Crippen LogP contribution in [0.3, 0.4) is 0 Å². The van der Waals surface area contributed by atoms with E-state index in [2.05, 4.69) is 20.9 Å². The van der Waals surface area contributed by atoms with Crippen LogP contribution in [0.2, 0.25) is 0 Å². The van der Waals surface area contributed by atoms with Gasteiger partial charge in [0, 0.05) is 14.2 Å². The first-order valence-corrected chi connectivity index (χ1v) is 3.13. The van der Waals surface area contributed by atoms with E-state index in [4.69, 9.17) is 15.0 Å². The van der Waals surface area contributed by atoms with E-state index in [1.165, 1.54) is 14.2 Å². The Morgan fingerprint density at radius 1 is 1.38 bits per heavy atom. The molecule has 0 aliphatic rings. The van der Waals surface area contributed by atoms with Crippen LogP contribution in [0.5, 0.6) is 0 Å². The van der Waals surface area contributed by atoms with E-state index in [0.717, 1.165) is 0 Å². The van der Waals surface area contributed by atoms with Gasteiger partial charge in [0.2, 0.25) is 6.29 Å². The Hall–Kier alpha value is -1.47. The zero-order valence-corrected chi connectivity index (χ0v) is 7.43. The van der Waals surface area contributed by atoms with Crippen molar-refractivity contribution in [2.24, 2.45) is 11.5 Å². The highest BCUT2D eigenvalue weighted by Gasteiger charge is 2.09. The second kappa shape index (κ2) is 8.62. The lowest BCUT2D eigenvalue weighted by atomic mass is 10.5. The minimum atomic E-state index is -0.866. The molecule has 0 aromatic carbocycles. The van der Waals surface area contributed by atoms with Gasteiger partial charge in [-0.3, -0.25) is 0 Å². The first-order chi connectivity index (χ1) is 5.99. The van der Waals surface area contributed by atoms with E-state index in [9.17, 15) is 0 Å². The van der Waals surface area contributed by atoms with Gasteiger partial charge >= 0.3 is 6.03 Å². The Kier molecular flexibility index (Phi) is 9.34. The van der Waals surface area contributed by atoms with Crippen molar-refractivity contribution in [2.45, 2.75) is 6.29 Å². The Morgan fingerprint density at radius 2 is 1.69 bits per heavy atom. The summed E-state index contributed by atoms with van der Waals surface area (Å²) in [4.78, 5) is 9.00. The number of urea groups is 1. The SMILES string of the molecule is COC(OC)C(O)=CO.NC(N)=O. The minimum absolute atomic E-state index is 0.347. The fraction of sp³-hybridized carbons (Fsp3) is 0.500. The molecule has 0 atom stereocenters. The van der Waals surface area contributed by atoms with Gasteiger partial charge in [-0.05, 0) is 0 Å². The number of nitrogens with two attached hydrogens (primary N) is 2. The molecule has 78 valence electrons. The predicted molar refractivity (Wildman–Crippen MR) is 44.9 cm³/mol. The Labute approximate surface area is 75.5 Å². The molecule has 13 heavy (non-hydrogen) atoms. The van der Waals surface area contributed by atoms with Crippen LogP contribution in [-0.2, 0) is 9.47 Å². The maximum absolute atomic E-state index is 9.00. The first kappa shape index (κ1) is 14.1. The van der Waals surface area contributed by atoms with Gasteiger partial charge in [0.15, 0.2) is 5.76 Å². The van der Waals surface area contributed by atoms with Gasteiger partial charge in [0.05, 0.1) is 0 Å². The van der Waals surface area contributed by atoms with Gasteiger partial charge in [0.25, 0.3) is 0 Å². The Balaban J connectivity index is 0. The highest BCUT2D eigenvalue weighted by atomic mass is 16.7. The number of aliphatic hydroxyl groups excluding tert-OH is 2. The molecule has 0 rings (SSSR count). The maximum Gasteiger partial charge on any atom is 0.309 e. The molecule has 0 spiro atoms. The van der Waals surface area contributed by atoms with Gasteiger partial charge in [-0.25, -0.2) is 4.79 Å². The van der Waals surface area contributed by atoms with Crippen LogP contribution in [0.4, 0.5) is 4.79 Å². The molecular formula is C6H14N2O5. The number of ether oxygens (including phenoxy) is 2. The lowest BCUT2D eigenvalue weighted by Crippen LogP contribution is -2.18. The van der Waals surface area contributed by atoms with Crippen molar-refractivity contribution < 1.29 is 24.5 Å². The molecule has 2 amide bonds. The largest absolute Gasteiger partial charge is 0.512 e. The monoisotopic (exact) mass is 194 g/mol. The number of rotatable bonds is 3. The molecule has 0 radical (unpaired) electrons. The lowest BCUT2D eigenvalue weighted by Gasteiger charge is -2.09. The fourth-order valence-electron chi connectivity index (χ4n) is 0.399. The molecule has 7 heteroatoms. The van der Waals surface area contributed by atoms with Gasteiger partial charge in [-0.15, -0.1) is 0 Å². The van der Waals surface area contributed by atoms with Crippen molar-refractivity contribution >= 4 is 6.03 Å². The lowest BCUT2D eigenvalue weighted by molar-refractivity contribution is -0.0980. The number of aliphatic hydroxyl groups is 2. The van der Waals surface area contributed by atoms with Crippen LogP contribution < -0.4 is 11.5 Å². The highest BCUT2D eigenvalue weighted by Crippen LogP contribution is 2.00. The van der Waals surface area contributed by atoms with Crippen molar-refractivity contribution in [1.82, 2.24) is 0 Å². The molecule has 0 bridgehead atoms. The normalized spacial score (nSPS) is 10.5. The van der Waals surface area contributed by atoms with Crippen molar-refractivity contribution in [1.29, 1.82) is 0 Å². The van der Waals surface area contributed by atoms with Crippen molar-refractivity contribution in [3.63, 3.8) is 0 Å². The summed E-state index contributed by atoms with van der Waals surface area (Å²) in [6.07, 6.45) is -0.340. The van der Waals surface area contributed by atoms with E-state index in [1.54, 1.807) is 0 Å². The van der Waals surface area contributed by atoms with E-state index in [-0.39, 0.29) is 5.76 Å². The second-order valence-electron chi connectivity index (χ2n) is 1.76. The molecular weight excluding hydrogens is 180 g/mol. The molecule has 0 aromatic heterocycles. The van der Waals surface area contributed by atoms with Gasteiger partial charge in [-0.2, -0.15) is 0 Å². The number of hydrogen-bond acceptors (Lipinski definition) is 5.